The molecule has 1 rings (SSSR count). The van der Waals surface area contributed by atoms with Gasteiger partial charge in [-0.3, -0.25) is 4.98 Å². The molecule has 1 aromatic heterocycles. The van der Waals surface area contributed by atoms with Gasteiger partial charge in [-0.15, -0.1) is 0 Å². The van der Waals surface area contributed by atoms with Crippen molar-refractivity contribution in [3.05, 3.63) is 30.1 Å². The van der Waals surface area contributed by atoms with Crippen molar-refractivity contribution in [3.63, 3.8) is 0 Å². The molecule has 0 amide bonds. The maximum atomic E-state index is 4.12. The molecule has 0 aliphatic heterocycles. The molecule has 0 aromatic carbocycles. The summed E-state index contributed by atoms with van der Waals surface area (Å²) in [5.74, 6) is 0. The molecule has 0 aliphatic carbocycles. The van der Waals surface area contributed by atoms with Crippen LogP contribution in [-0.2, 0) is 6.42 Å². The zero-order chi connectivity index (χ0) is 15.0. The Bertz CT molecular complexity index is 358. The van der Waals surface area contributed by atoms with Crippen molar-refractivity contribution in [2.75, 3.05) is 20.6 Å². The minimum Gasteiger partial charge on any atom is -0.312 e. The Morgan fingerprint density at radius 1 is 1.15 bits per heavy atom. The molecule has 1 heterocycles. The van der Waals surface area contributed by atoms with Gasteiger partial charge in [-0.2, -0.15) is 0 Å². The van der Waals surface area contributed by atoms with E-state index in [2.05, 4.69) is 62.2 Å². The molecule has 0 spiro atoms. The van der Waals surface area contributed by atoms with E-state index in [0.29, 0.717) is 6.04 Å². The maximum Gasteiger partial charge on any atom is 0.0354 e. The summed E-state index contributed by atoms with van der Waals surface area (Å²) in [6, 6.07) is 4.73. The quantitative estimate of drug-likeness (QED) is 0.752. The molecule has 1 unspecified atom stereocenters. The SMILES string of the molecule is CCCNC(Cc1ccncc1)C(CC)(CC)N(C)C. The van der Waals surface area contributed by atoms with Crippen molar-refractivity contribution in [1.29, 1.82) is 0 Å². The summed E-state index contributed by atoms with van der Waals surface area (Å²) in [6.07, 6.45) is 8.32. The Hall–Kier alpha value is -0.930. The largest absolute Gasteiger partial charge is 0.312 e. The average molecular weight is 277 g/mol. The fourth-order valence-corrected chi connectivity index (χ4v) is 3.21. The van der Waals surface area contributed by atoms with Gasteiger partial charge in [-0.25, -0.2) is 0 Å². The Balaban J connectivity index is 2.97. The Kier molecular flexibility index (Phi) is 7.17. The standard InChI is InChI=1S/C17H31N3/c1-6-11-19-16(14-15-9-12-18-13-10-15)17(7-2,8-3)20(4)5/h9-10,12-13,16,19H,6-8,11,14H2,1-5H3. The lowest BCUT2D eigenvalue weighted by Crippen LogP contribution is -2.59. The van der Waals surface area contributed by atoms with Crippen LogP contribution < -0.4 is 5.32 Å². The van der Waals surface area contributed by atoms with Gasteiger partial charge in [0.25, 0.3) is 0 Å². The summed E-state index contributed by atoms with van der Waals surface area (Å²) in [7, 11) is 4.42. The van der Waals surface area contributed by atoms with Gasteiger partial charge in [-0.1, -0.05) is 20.8 Å². The topological polar surface area (TPSA) is 28.2 Å². The van der Waals surface area contributed by atoms with Crippen LogP contribution in [0.25, 0.3) is 0 Å². The number of nitrogens with zero attached hydrogens (tertiary/aromatic N) is 2. The van der Waals surface area contributed by atoms with E-state index in [1.807, 2.05) is 12.4 Å². The van der Waals surface area contributed by atoms with Gasteiger partial charge >= 0.3 is 0 Å². The Labute approximate surface area is 124 Å². The van der Waals surface area contributed by atoms with Gasteiger partial charge in [0.15, 0.2) is 0 Å². The molecule has 0 radical (unpaired) electrons. The molecule has 0 fully saturated rings. The van der Waals surface area contributed by atoms with Crippen LogP contribution in [0.1, 0.15) is 45.6 Å². The number of likely N-dealkylation sites (N-methyl/N-ethyl adjacent to an activating group) is 1. The van der Waals surface area contributed by atoms with Gasteiger partial charge in [0.2, 0.25) is 0 Å². The van der Waals surface area contributed by atoms with Gasteiger partial charge < -0.3 is 10.2 Å². The first kappa shape index (κ1) is 17.1. The van der Waals surface area contributed by atoms with Crippen molar-refractivity contribution >= 4 is 0 Å². The van der Waals surface area contributed by atoms with Crippen molar-refractivity contribution in [1.82, 2.24) is 15.2 Å². The first-order valence-corrected chi connectivity index (χ1v) is 7.90. The highest BCUT2D eigenvalue weighted by Crippen LogP contribution is 2.28. The number of nitrogens with one attached hydrogen (secondary N) is 1. The smallest absolute Gasteiger partial charge is 0.0354 e. The van der Waals surface area contributed by atoms with Gasteiger partial charge in [-0.05, 0) is 64.0 Å². The second kappa shape index (κ2) is 8.38. The summed E-state index contributed by atoms with van der Waals surface area (Å²) < 4.78 is 0. The molecule has 0 saturated carbocycles. The highest BCUT2D eigenvalue weighted by Gasteiger charge is 2.37. The molecule has 1 aromatic rings. The second-order valence-electron chi connectivity index (χ2n) is 5.77. The normalized spacial score (nSPS) is 13.7. The summed E-state index contributed by atoms with van der Waals surface area (Å²) in [6.45, 7) is 7.91. The zero-order valence-electron chi connectivity index (χ0n) is 13.8. The third kappa shape index (κ3) is 4.03. The monoisotopic (exact) mass is 277 g/mol. The minimum absolute atomic E-state index is 0.207. The molecule has 114 valence electrons. The van der Waals surface area contributed by atoms with Gasteiger partial charge in [0.1, 0.15) is 0 Å². The summed E-state index contributed by atoms with van der Waals surface area (Å²) in [5.41, 5.74) is 1.57. The number of rotatable bonds is 9. The molecule has 0 bridgehead atoms. The Morgan fingerprint density at radius 3 is 2.20 bits per heavy atom. The molecule has 1 N–H and O–H groups in total. The van der Waals surface area contributed by atoms with E-state index in [0.717, 1.165) is 25.8 Å². The summed E-state index contributed by atoms with van der Waals surface area (Å²) >= 11 is 0. The van der Waals surface area contributed by atoms with E-state index < -0.39 is 0 Å². The van der Waals surface area contributed by atoms with E-state index in [1.165, 1.54) is 12.0 Å². The fourth-order valence-electron chi connectivity index (χ4n) is 3.21. The molecular weight excluding hydrogens is 246 g/mol. The molecular formula is C17H31N3. The van der Waals surface area contributed by atoms with Crippen LogP contribution in [0.15, 0.2) is 24.5 Å². The van der Waals surface area contributed by atoms with Crippen LogP contribution in [-0.4, -0.2) is 42.1 Å². The average Bonchev–Trinajstić information content (AvgIpc) is 2.47. The van der Waals surface area contributed by atoms with Gasteiger partial charge in [0, 0.05) is 24.0 Å². The molecule has 20 heavy (non-hydrogen) atoms. The number of hydrogen-bond donors (Lipinski definition) is 1. The van der Waals surface area contributed by atoms with Crippen molar-refractivity contribution in [3.8, 4) is 0 Å². The van der Waals surface area contributed by atoms with Crippen LogP contribution in [0.2, 0.25) is 0 Å². The lowest BCUT2D eigenvalue weighted by atomic mass is 9.80. The van der Waals surface area contributed by atoms with Crippen LogP contribution in [0.4, 0.5) is 0 Å². The predicted molar refractivity (Wildman–Crippen MR) is 87.0 cm³/mol. The van der Waals surface area contributed by atoms with Crippen molar-refractivity contribution in [2.45, 2.75) is 58.0 Å². The molecule has 3 nitrogen and oxygen atoms in total. The molecule has 0 saturated heterocycles. The fraction of sp³-hybridized carbons (Fsp3) is 0.706. The van der Waals surface area contributed by atoms with Crippen LogP contribution in [0.3, 0.4) is 0 Å². The number of aromatic nitrogens is 1. The van der Waals surface area contributed by atoms with E-state index in [-0.39, 0.29) is 5.54 Å². The predicted octanol–water partition coefficient (Wildman–Crippen LogP) is 3.11. The zero-order valence-corrected chi connectivity index (χ0v) is 13.8. The van der Waals surface area contributed by atoms with E-state index in [4.69, 9.17) is 0 Å². The summed E-state index contributed by atoms with van der Waals surface area (Å²) in [5, 5.41) is 3.78. The maximum absolute atomic E-state index is 4.12. The summed E-state index contributed by atoms with van der Waals surface area (Å²) in [4.78, 5) is 6.53. The highest BCUT2D eigenvalue weighted by molar-refractivity contribution is 5.14. The first-order chi connectivity index (χ1) is 9.60. The molecule has 1 atom stereocenters. The van der Waals surface area contributed by atoms with Crippen molar-refractivity contribution < 1.29 is 0 Å². The molecule has 0 aliphatic rings. The minimum atomic E-state index is 0.207. The highest BCUT2D eigenvalue weighted by atomic mass is 15.2. The van der Waals surface area contributed by atoms with E-state index >= 15 is 0 Å². The van der Waals surface area contributed by atoms with Crippen LogP contribution in [0, 0.1) is 0 Å². The van der Waals surface area contributed by atoms with Crippen LogP contribution in [0.5, 0.6) is 0 Å². The van der Waals surface area contributed by atoms with E-state index in [1.54, 1.807) is 0 Å². The van der Waals surface area contributed by atoms with E-state index in [9.17, 15) is 0 Å². The number of hydrogen-bond acceptors (Lipinski definition) is 3. The number of pyridine rings is 1. The van der Waals surface area contributed by atoms with Crippen molar-refractivity contribution in [2.24, 2.45) is 0 Å². The third-order valence-corrected chi connectivity index (χ3v) is 4.59. The van der Waals surface area contributed by atoms with Gasteiger partial charge in [0.05, 0.1) is 0 Å². The molecule has 3 heteroatoms. The Morgan fingerprint density at radius 2 is 1.75 bits per heavy atom. The lowest BCUT2D eigenvalue weighted by Gasteiger charge is -2.46. The second-order valence-corrected chi connectivity index (χ2v) is 5.77. The third-order valence-electron chi connectivity index (χ3n) is 4.59. The first-order valence-electron chi connectivity index (χ1n) is 7.90. The lowest BCUT2D eigenvalue weighted by molar-refractivity contribution is 0.0881. The van der Waals surface area contributed by atoms with Crippen LogP contribution >= 0.6 is 0 Å².